The average molecular weight is 272 g/mol. The Morgan fingerprint density at radius 1 is 1.55 bits per heavy atom. The fraction of sp³-hybridized carbons (Fsp3) is 0.400. The zero-order chi connectivity index (χ0) is 15.3. The van der Waals surface area contributed by atoms with Crippen LogP contribution in [0.1, 0.15) is 36.1 Å². The van der Waals surface area contributed by atoms with Crippen LogP contribution in [0.4, 0.5) is 0 Å². The number of nitriles is 1. The van der Waals surface area contributed by atoms with Gasteiger partial charge in [0.15, 0.2) is 0 Å². The Labute approximate surface area is 119 Å². The molecule has 0 aromatic heterocycles. The molecule has 1 rings (SSSR count). The van der Waals surface area contributed by atoms with Crippen molar-refractivity contribution in [2.45, 2.75) is 39.3 Å². The second-order valence-electron chi connectivity index (χ2n) is 5.19. The number of hydrogen-bond donors (Lipinski definition) is 2. The van der Waals surface area contributed by atoms with Gasteiger partial charge >= 0.3 is 0 Å². The van der Waals surface area contributed by atoms with Crippen molar-refractivity contribution in [3.8, 4) is 6.07 Å². The van der Waals surface area contributed by atoms with Crippen molar-refractivity contribution < 1.29 is 5.11 Å². The molecule has 0 bridgehead atoms. The number of hydrogen-bond acceptors (Lipinski definition) is 4. The maximum absolute atomic E-state index is 9.52. The topological polar surface area (TPSA) is 83.5 Å². The zero-order valence-electron chi connectivity index (χ0n) is 12.1. The van der Waals surface area contributed by atoms with Gasteiger partial charge in [0.25, 0.3) is 0 Å². The minimum absolute atomic E-state index is 0.0859. The fourth-order valence-corrected chi connectivity index (χ4v) is 1.99. The lowest BCUT2D eigenvalue weighted by Gasteiger charge is -2.22. The average Bonchev–Trinajstić information content (AvgIpc) is 2.44. The second kappa shape index (κ2) is 6.31. The van der Waals surface area contributed by atoms with E-state index in [1.54, 1.807) is 0 Å². The molecular formula is C15H20N4O. The smallest absolute Gasteiger partial charge is 0.103 e. The minimum Gasteiger partial charge on any atom is -0.392 e. The van der Waals surface area contributed by atoms with Crippen LogP contribution in [0.5, 0.6) is 0 Å². The summed E-state index contributed by atoms with van der Waals surface area (Å²) in [5.74, 6) is 0. The minimum atomic E-state index is -0.607. The first kappa shape index (κ1) is 15.9. The molecule has 0 spiro atoms. The van der Waals surface area contributed by atoms with Crippen molar-refractivity contribution in [3.63, 3.8) is 0 Å². The van der Waals surface area contributed by atoms with E-state index in [4.69, 9.17) is 5.41 Å². The van der Waals surface area contributed by atoms with Gasteiger partial charge in [-0.15, -0.1) is 0 Å². The molecule has 20 heavy (non-hydrogen) atoms. The largest absolute Gasteiger partial charge is 0.392 e. The molecule has 0 saturated carbocycles. The van der Waals surface area contributed by atoms with Crippen LogP contribution < -0.4 is 0 Å². The number of rotatable bonds is 6. The van der Waals surface area contributed by atoms with Crippen molar-refractivity contribution in [1.29, 1.82) is 10.7 Å². The van der Waals surface area contributed by atoms with Gasteiger partial charge in [0.1, 0.15) is 6.34 Å². The summed E-state index contributed by atoms with van der Waals surface area (Å²) in [6, 6.07) is 6.09. The van der Waals surface area contributed by atoms with E-state index in [1.165, 1.54) is 5.01 Å². The lowest BCUT2D eigenvalue weighted by Crippen LogP contribution is -2.19. The van der Waals surface area contributed by atoms with Crippen LogP contribution >= 0.6 is 0 Å². The van der Waals surface area contributed by atoms with Crippen molar-refractivity contribution in [1.82, 2.24) is 5.01 Å². The molecule has 5 heteroatoms. The molecule has 5 nitrogen and oxygen atoms in total. The predicted octanol–water partition coefficient (Wildman–Crippen LogP) is 2.31. The highest BCUT2D eigenvalue weighted by atomic mass is 16.3. The Bertz CT molecular complexity index is 550. The van der Waals surface area contributed by atoms with E-state index in [-0.39, 0.29) is 6.61 Å². The number of nitrogens with zero attached hydrogens (tertiary/aromatic N) is 3. The number of benzene rings is 1. The summed E-state index contributed by atoms with van der Waals surface area (Å²) < 4.78 is 0. The standard InChI is InChI=1S/C15H20N4O/c1-11-5-13(15(2,3)9-16)6-12(14(11)8-20)7-19(10-17)18-4/h5-6,10,17,20H,4,7-8H2,1-3H3. The molecule has 0 atom stereocenters. The van der Waals surface area contributed by atoms with E-state index >= 15 is 0 Å². The third-order valence-electron chi connectivity index (χ3n) is 3.39. The molecule has 0 radical (unpaired) electrons. The number of aliphatic hydroxyl groups excluding tert-OH is 1. The molecule has 0 amide bonds. The summed E-state index contributed by atoms with van der Waals surface area (Å²) in [4.78, 5) is 0. The van der Waals surface area contributed by atoms with Crippen LogP contribution in [0.3, 0.4) is 0 Å². The quantitative estimate of drug-likeness (QED) is 0.473. The maximum Gasteiger partial charge on any atom is 0.103 e. The lowest BCUT2D eigenvalue weighted by atomic mass is 9.83. The molecule has 1 aromatic rings. The summed E-state index contributed by atoms with van der Waals surface area (Å²) in [5, 5.41) is 31.1. The van der Waals surface area contributed by atoms with Crippen molar-refractivity contribution in [2.24, 2.45) is 5.10 Å². The van der Waals surface area contributed by atoms with Gasteiger partial charge in [-0.2, -0.15) is 10.4 Å². The molecule has 0 saturated heterocycles. The highest BCUT2D eigenvalue weighted by Crippen LogP contribution is 2.28. The van der Waals surface area contributed by atoms with Gasteiger partial charge in [-0.05, 0) is 43.0 Å². The van der Waals surface area contributed by atoms with Gasteiger partial charge < -0.3 is 5.11 Å². The zero-order valence-corrected chi connectivity index (χ0v) is 12.1. The van der Waals surface area contributed by atoms with Crippen molar-refractivity contribution >= 4 is 13.1 Å². The number of aryl methyl sites for hydroxylation is 1. The maximum atomic E-state index is 9.52. The van der Waals surface area contributed by atoms with Gasteiger partial charge in [0.2, 0.25) is 0 Å². The third-order valence-corrected chi connectivity index (χ3v) is 3.39. The Hall–Kier alpha value is -2.19. The molecule has 0 fully saturated rings. The number of aliphatic hydroxyl groups is 1. The Morgan fingerprint density at radius 3 is 2.65 bits per heavy atom. The molecule has 1 aromatic carbocycles. The molecule has 2 N–H and O–H groups in total. The molecular weight excluding hydrogens is 252 g/mol. The van der Waals surface area contributed by atoms with Gasteiger partial charge in [-0.25, -0.2) is 0 Å². The van der Waals surface area contributed by atoms with Crippen LogP contribution in [0.25, 0.3) is 0 Å². The van der Waals surface area contributed by atoms with Crippen LogP contribution in [0.2, 0.25) is 0 Å². The van der Waals surface area contributed by atoms with Crippen LogP contribution in [0, 0.1) is 23.7 Å². The van der Waals surface area contributed by atoms with Gasteiger partial charge in [0.05, 0.1) is 24.6 Å². The van der Waals surface area contributed by atoms with Gasteiger partial charge in [0, 0.05) is 6.72 Å². The summed E-state index contributed by atoms with van der Waals surface area (Å²) in [6.45, 7) is 9.27. The number of hydrazone groups is 1. The SMILES string of the molecule is C=NN(C=N)Cc1cc(C(C)(C)C#N)cc(C)c1CO. The lowest BCUT2D eigenvalue weighted by molar-refractivity contribution is 0.278. The van der Waals surface area contributed by atoms with Crippen LogP contribution in [-0.2, 0) is 18.6 Å². The molecule has 0 aliphatic carbocycles. The molecule has 0 unspecified atom stereocenters. The van der Waals surface area contributed by atoms with E-state index in [0.29, 0.717) is 6.54 Å². The normalized spacial score (nSPS) is 10.8. The van der Waals surface area contributed by atoms with Crippen molar-refractivity contribution in [2.75, 3.05) is 0 Å². The Kier molecular flexibility index (Phi) is 5.00. The van der Waals surface area contributed by atoms with E-state index < -0.39 is 5.41 Å². The van der Waals surface area contributed by atoms with Crippen LogP contribution in [-0.4, -0.2) is 23.2 Å². The Balaban J connectivity index is 3.37. The fourth-order valence-electron chi connectivity index (χ4n) is 1.99. The molecule has 0 aliphatic rings. The number of nitrogens with one attached hydrogen (secondary N) is 1. The Morgan fingerprint density at radius 2 is 2.20 bits per heavy atom. The van der Waals surface area contributed by atoms with E-state index in [1.807, 2.05) is 32.9 Å². The third kappa shape index (κ3) is 3.22. The van der Waals surface area contributed by atoms with E-state index in [0.717, 1.165) is 28.6 Å². The summed E-state index contributed by atoms with van der Waals surface area (Å²) in [6.07, 6.45) is 1.07. The van der Waals surface area contributed by atoms with Gasteiger partial charge in [-0.1, -0.05) is 12.1 Å². The van der Waals surface area contributed by atoms with Crippen molar-refractivity contribution in [3.05, 3.63) is 34.4 Å². The molecule has 106 valence electrons. The molecule has 0 aliphatic heterocycles. The highest BCUT2D eigenvalue weighted by Gasteiger charge is 2.22. The predicted molar refractivity (Wildman–Crippen MR) is 79.6 cm³/mol. The first-order chi connectivity index (χ1) is 9.39. The van der Waals surface area contributed by atoms with Crippen LogP contribution in [0.15, 0.2) is 17.2 Å². The molecule has 0 heterocycles. The van der Waals surface area contributed by atoms with E-state index in [2.05, 4.69) is 17.9 Å². The first-order valence-corrected chi connectivity index (χ1v) is 6.28. The second-order valence-corrected chi connectivity index (χ2v) is 5.19. The van der Waals surface area contributed by atoms with E-state index in [9.17, 15) is 10.4 Å². The first-order valence-electron chi connectivity index (χ1n) is 6.28. The highest BCUT2D eigenvalue weighted by molar-refractivity contribution is 5.52. The van der Waals surface area contributed by atoms with Gasteiger partial charge in [-0.3, -0.25) is 10.4 Å². The summed E-state index contributed by atoms with van der Waals surface area (Å²) in [7, 11) is 0. The summed E-state index contributed by atoms with van der Waals surface area (Å²) in [5.41, 5.74) is 2.86. The monoisotopic (exact) mass is 272 g/mol. The summed E-state index contributed by atoms with van der Waals surface area (Å²) >= 11 is 0.